The summed E-state index contributed by atoms with van der Waals surface area (Å²) >= 11 is 0. The third kappa shape index (κ3) is 2.93. The van der Waals surface area contributed by atoms with Crippen LogP contribution in [0.1, 0.15) is 11.1 Å². The van der Waals surface area contributed by atoms with Gasteiger partial charge in [-0.2, -0.15) is 13.2 Å². The highest BCUT2D eigenvalue weighted by Crippen LogP contribution is 2.34. The van der Waals surface area contributed by atoms with Crippen molar-refractivity contribution in [2.24, 2.45) is 5.73 Å². The Labute approximate surface area is 115 Å². The van der Waals surface area contributed by atoms with Crippen molar-refractivity contribution in [1.82, 2.24) is 0 Å². The molecule has 2 N–H and O–H groups in total. The van der Waals surface area contributed by atoms with Gasteiger partial charge in [-0.3, -0.25) is 0 Å². The third-order valence-corrected chi connectivity index (χ3v) is 3.02. The summed E-state index contributed by atoms with van der Waals surface area (Å²) in [6, 6.07) is 10.4. The lowest BCUT2D eigenvalue weighted by molar-refractivity contribution is -0.137. The summed E-state index contributed by atoms with van der Waals surface area (Å²) < 4.78 is 42.8. The predicted octanol–water partition coefficient (Wildman–Crippen LogP) is 3.84. The van der Waals surface area contributed by atoms with Gasteiger partial charge in [0, 0.05) is 12.1 Å². The first-order chi connectivity index (χ1) is 9.45. The lowest BCUT2D eigenvalue weighted by Crippen LogP contribution is -2.04. The highest BCUT2D eigenvalue weighted by atomic mass is 19.4. The van der Waals surface area contributed by atoms with Crippen LogP contribution in [0.5, 0.6) is 5.75 Å². The third-order valence-electron chi connectivity index (χ3n) is 3.02. The number of hydrogen-bond acceptors (Lipinski definition) is 2. The van der Waals surface area contributed by atoms with E-state index in [0.717, 1.165) is 23.3 Å². The second kappa shape index (κ2) is 5.54. The number of methoxy groups -OCH3 is 1. The molecule has 2 rings (SSSR count). The Morgan fingerprint density at radius 2 is 1.70 bits per heavy atom. The van der Waals surface area contributed by atoms with E-state index in [1.165, 1.54) is 19.2 Å². The van der Waals surface area contributed by atoms with Crippen LogP contribution >= 0.6 is 0 Å². The second-order valence-corrected chi connectivity index (χ2v) is 4.31. The molecule has 0 fully saturated rings. The van der Waals surface area contributed by atoms with Gasteiger partial charge >= 0.3 is 6.18 Å². The molecule has 0 aliphatic rings. The number of hydrogen-bond donors (Lipinski definition) is 1. The number of benzene rings is 2. The molecule has 0 unspecified atom stereocenters. The smallest absolute Gasteiger partial charge is 0.416 e. The molecule has 0 saturated heterocycles. The highest BCUT2D eigenvalue weighted by molar-refractivity contribution is 5.71. The van der Waals surface area contributed by atoms with Gasteiger partial charge in [0.2, 0.25) is 0 Å². The molecule has 0 bridgehead atoms. The average Bonchev–Trinajstić information content (AvgIpc) is 2.45. The van der Waals surface area contributed by atoms with E-state index >= 15 is 0 Å². The first kappa shape index (κ1) is 14.4. The Bertz CT molecular complexity index is 591. The molecule has 0 heterocycles. The number of rotatable bonds is 3. The first-order valence-electron chi connectivity index (χ1n) is 6.00. The minimum Gasteiger partial charge on any atom is -0.496 e. The summed E-state index contributed by atoms with van der Waals surface area (Å²) in [6.07, 6.45) is -4.33. The molecule has 0 spiro atoms. The lowest BCUT2D eigenvalue weighted by atomic mass is 10.0. The zero-order valence-electron chi connectivity index (χ0n) is 10.9. The van der Waals surface area contributed by atoms with E-state index in [2.05, 4.69) is 0 Å². The maximum absolute atomic E-state index is 12.5. The van der Waals surface area contributed by atoms with Gasteiger partial charge in [0.05, 0.1) is 12.7 Å². The zero-order chi connectivity index (χ0) is 14.8. The Morgan fingerprint density at radius 3 is 2.20 bits per heavy atom. The average molecular weight is 281 g/mol. The topological polar surface area (TPSA) is 35.2 Å². The summed E-state index contributed by atoms with van der Waals surface area (Å²) in [5.74, 6) is 0.590. The maximum Gasteiger partial charge on any atom is 0.416 e. The fourth-order valence-electron chi connectivity index (χ4n) is 1.94. The summed E-state index contributed by atoms with van der Waals surface area (Å²) in [4.78, 5) is 0. The van der Waals surface area contributed by atoms with Gasteiger partial charge in [0.15, 0.2) is 0 Å². The molecular formula is C15H14F3NO. The predicted molar refractivity (Wildman–Crippen MR) is 71.3 cm³/mol. The quantitative estimate of drug-likeness (QED) is 0.927. The van der Waals surface area contributed by atoms with E-state index in [1.807, 2.05) is 6.07 Å². The van der Waals surface area contributed by atoms with E-state index in [0.29, 0.717) is 17.9 Å². The van der Waals surface area contributed by atoms with Gasteiger partial charge < -0.3 is 10.5 Å². The van der Waals surface area contributed by atoms with Gasteiger partial charge in [0.25, 0.3) is 0 Å². The minimum atomic E-state index is -4.33. The van der Waals surface area contributed by atoms with Crippen LogP contribution in [0.25, 0.3) is 11.1 Å². The van der Waals surface area contributed by atoms with E-state index in [9.17, 15) is 13.2 Å². The Hall–Kier alpha value is -2.01. The van der Waals surface area contributed by atoms with Crippen molar-refractivity contribution in [1.29, 1.82) is 0 Å². The lowest BCUT2D eigenvalue weighted by Gasteiger charge is -2.12. The molecule has 0 saturated carbocycles. The van der Waals surface area contributed by atoms with Gasteiger partial charge in [-0.15, -0.1) is 0 Å². The van der Waals surface area contributed by atoms with Crippen molar-refractivity contribution in [3.63, 3.8) is 0 Å². The molecule has 2 aromatic carbocycles. The molecule has 2 aromatic rings. The van der Waals surface area contributed by atoms with Crippen LogP contribution in [0.2, 0.25) is 0 Å². The van der Waals surface area contributed by atoms with Crippen molar-refractivity contribution >= 4 is 0 Å². The summed E-state index contributed by atoms with van der Waals surface area (Å²) in [5.41, 5.74) is 7.18. The zero-order valence-corrected chi connectivity index (χ0v) is 10.9. The Balaban J connectivity index is 2.41. The number of ether oxygens (including phenoxy) is 1. The van der Waals surface area contributed by atoms with Crippen LogP contribution < -0.4 is 10.5 Å². The van der Waals surface area contributed by atoms with Crippen LogP contribution in [-0.2, 0) is 12.7 Å². The van der Waals surface area contributed by atoms with Crippen LogP contribution in [0.3, 0.4) is 0 Å². The largest absolute Gasteiger partial charge is 0.496 e. The van der Waals surface area contributed by atoms with Crippen molar-refractivity contribution in [2.45, 2.75) is 12.7 Å². The Morgan fingerprint density at radius 1 is 1.05 bits per heavy atom. The number of nitrogens with two attached hydrogens (primary N) is 1. The van der Waals surface area contributed by atoms with Crippen LogP contribution in [0.4, 0.5) is 13.2 Å². The monoisotopic (exact) mass is 281 g/mol. The molecule has 20 heavy (non-hydrogen) atoms. The van der Waals surface area contributed by atoms with Gasteiger partial charge in [-0.05, 0) is 29.3 Å². The fourth-order valence-corrected chi connectivity index (χ4v) is 1.94. The van der Waals surface area contributed by atoms with Crippen molar-refractivity contribution in [2.75, 3.05) is 7.11 Å². The van der Waals surface area contributed by atoms with Crippen molar-refractivity contribution in [3.8, 4) is 16.9 Å². The van der Waals surface area contributed by atoms with Gasteiger partial charge in [-0.25, -0.2) is 0 Å². The summed E-state index contributed by atoms with van der Waals surface area (Å²) in [7, 11) is 1.52. The SMILES string of the molecule is COc1cc(CN)ccc1-c1ccc(C(F)(F)F)cc1. The molecule has 2 nitrogen and oxygen atoms in total. The molecule has 0 atom stereocenters. The number of halogens is 3. The number of alkyl halides is 3. The molecule has 0 aromatic heterocycles. The standard InChI is InChI=1S/C15H14F3NO/c1-20-14-8-10(9-19)2-7-13(14)11-3-5-12(6-4-11)15(16,17)18/h2-8H,9,19H2,1H3. The molecule has 0 aliphatic carbocycles. The molecule has 0 radical (unpaired) electrons. The van der Waals surface area contributed by atoms with Gasteiger partial charge in [0.1, 0.15) is 5.75 Å². The van der Waals surface area contributed by atoms with E-state index in [4.69, 9.17) is 10.5 Å². The molecule has 0 aliphatic heterocycles. The normalized spacial score (nSPS) is 11.4. The molecule has 106 valence electrons. The summed E-state index contributed by atoms with van der Waals surface area (Å²) in [6.45, 7) is 0.379. The van der Waals surface area contributed by atoms with Crippen molar-refractivity contribution < 1.29 is 17.9 Å². The van der Waals surface area contributed by atoms with Crippen LogP contribution in [0, 0.1) is 0 Å². The second-order valence-electron chi connectivity index (χ2n) is 4.31. The minimum absolute atomic E-state index is 0.379. The van der Waals surface area contributed by atoms with E-state index in [-0.39, 0.29) is 0 Å². The molecular weight excluding hydrogens is 267 g/mol. The van der Waals surface area contributed by atoms with E-state index < -0.39 is 11.7 Å². The fraction of sp³-hybridized carbons (Fsp3) is 0.200. The maximum atomic E-state index is 12.5. The Kier molecular flexibility index (Phi) is 3.99. The van der Waals surface area contributed by atoms with Crippen LogP contribution in [0.15, 0.2) is 42.5 Å². The van der Waals surface area contributed by atoms with Crippen molar-refractivity contribution in [3.05, 3.63) is 53.6 Å². The first-order valence-corrected chi connectivity index (χ1v) is 6.00. The van der Waals surface area contributed by atoms with E-state index in [1.54, 1.807) is 12.1 Å². The molecule has 5 heteroatoms. The highest BCUT2D eigenvalue weighted by Gasteiger charge is 2.30. The van der Waals surface area contributed by atoms with Gasteiger partial charge in [-0.1, -0.05) is 24.3 Å². The molecule has 0 amide bonds. The summed E-state index contributed by atoms with van der Waals surface area (Å²) in [5, 5.41) is 0. The van der Waals surface area contributed by atoms with Crippen LogP contribution in [-0.4, -0.2) is 7.11 Å².